The van der Waals surface area contributed by atoms with Gasteiger partial charge in [0.1, 0.15) is 5.75 Å². The Labute approximate surface area is 127 Å². The topological polar surface area (TPSA) is 41.6 Å². The van der Waals surface area contributed by atoms with Crippen LogP contribution >= 0.6 is 0 Å². The van der Waals surface area contributed by atoms with E-state index in [1.54, 1.807) is 6.92 Å². The molecule has 1 amide bonds. The van der Waals surface area contributed by atoms with E-state index in [2.05, 4.69) is 10.2 Å². The molecule has 4 heteroatoms. The summed E-state index contributed by atoms with van der Waals surface area (Å²) in [5.74, 6) is 0.743. The standard InChI is InChI=1S/C17H26N2O2/c1-13-6-7-14(2)16(12-13)21-15(3)17(20)18-8-11-19-9-4-5-10-19/h6-7,12,15H,4-5,8-11H2,1-3H3,(H,18,20)/t15-/m1/s1. The summed E-state index contributed by atoms with van der Waals surface area (Å²) in [7, 11) is 0. The number of likely N-dealkylation sites (tertiary alicyclic amines) is 1. The first-order valence-corrected chi connectivity index (χ1v) is 7.80. The third-order valence-electron chi connectivity index (χ3n) is 3.94. The summed E-state index contributed by atoms with van der Waals surface area (Å²) in [5, 5.41) is 2.96. The zero-order chi connectivity index (χ0) is 15.2. The lowest BCUT2D eigenvalue weighted by molar-refractivity contribution is -0.127. The summed E-state index contributed by atoms with van der Waals surface area (Å²) in [5.41, 5.74) is 2.19. The van der Waals surface area contributed by atoms with Gasteiger partial charge in [-0.05, 0) is 63.9 Å². The molecule has 4 nitrogen and oxygen atoms in total. The first-order chi connectivity index (χ1) is 10.1. The number of hydrogen-bond acceptors (Lipinski definition) is 3. The highest BCUT2D eigenvalue weighted by Crippen LogP contribution is 2.20. The van der Waals surface area contributed by atoms with E-state index >= 15 is 0 Å². The van der Waals surface area contributed by atoms with E-state index in [0.29, 0.717) is 6.54 Å². The maximum Gasteiger partial charge on any atom is 0.260 e. The smallest absolute Gasteiger partial charge is 0.260 e. The highest BCUT2D eigenvalue weighted by atomic mass is 16.5. The van der Waals surface area contributed by atoms with Crippen molar-refractivity contribution in [3.05, 3.63) is 29.3 Å². The SMILES string of the molecule is Cc1ccc(C)c(O[C@H](C)C(=O)NCCN2CCCC2)c1. The Kier molecular flexibility index (Phi) is 5.62. The van der Waals surface area contributed by atoms with Gasteiger partial charge in [-0.3, -0.25) is 4.79 Å². The molecule has 0 bridgehead atoms. The maximum atomic E-state index is 12.1. The molecule has 2 rings (SSSR count). The van der Waals surface area contributed by atoms with Crippen LogP contribution in [0.1, 0.15) is 30.9 Å². The Morgan fingerprint density at radius 1 is 1.33 bits per heavy atom. The minimum absolute atomic E-state index is 0.0462. The summed E-state index contributed by atoms with van der Waals surface area (Å²) in [6.45, 7) is 9.75. The maximum absolute atomic E-state index is 12.1. The molecule has 116 valence electrons. The van der Waals surface area contributed by atoms with Gasteiger partial charge >= 0.3 is 0 Å². The molecule has 0 spiro atoms. The molecule has 0 saturated carbocycles. The monoisotopic (exact) mass is 290 g/mol. The molecule has 1 fully saturated rings. The van der Waals surface area contributed by atoms with Crippen LogP contribution in [0, 0.1) is 13.8 Å². The van der Waals surface area contributed by atoms with Gasteiger partial charge in [0.05, 0.1) is 0 Å². The van der Waals surface area contributed by atoms with Gasteiger partial charge in [0.15, 0.2) is 6.10 Å². The van der Waals surface area contributed by atoms with E-state index in [9.17, 15) is 4.79 Å². The van der Waals surface area contributed by atoms with Crippen LogP contribution in [0.2, 0.25) is 0 Å². The summed E-state index contributed by atoms with van der Waals surface area (Å²) >= 11 is 0. The molecule has 0 aromatic heterocycles. The van der Waals surface area contributed by atoms with Gasteiger partial charge in [-0.15, -0.1) is 0 Å². The minimum atomic E-state index is -0.468. The molecule has 1 aliphatic heterocycles. The van der Waals surface area contributed by atoms with Gasteiger partial charge < -0.3 is 15.0 Å². The number of carbonyl (C=O) groups excluding carboxylic acids is 1. The Morgan fingerprint density at radius 2 is 2.05 bits per heavy atom. The number of nitrogens with zero attached hydrogens (tertiary/aromatic N) is 1. The van der Waals surface area contributed by atoms with Crippen LogP contribution in [0.5, 0.6) is 5.75 Å². The Bertz CT molecular complexity index is 482. The van der Waals surface area contributed by atoms with E-state index in [1.807, 2.05) is 32.0 Å². The second-order valence-electron chi connectivity index (χ2n) is 5.87. The predicted molar refractivity (Wildman–Crippen MR) is 84.7 cm³/mol. The number of ether oxygens (including phenoxy) is 1. The van der Waals surface area contributed by atoms with Crippen LogP contribution in [0.4, 0.5) is 0 Å². The summed E-state index contributed by atoms with van der Waals surface area (Å²) in [6.07, 6.45) is 2.09. The number of carbonyl (C=O) groups is 1. The number of benzene rings is 1. The number of nitrogens with one attached hydrogen (secondary N) is 1. The van der Waals surface area contributed by atoms with Gasteiger partial charge in [0.2, 0.25) is 0 Å². The van der Waals surface area contributed by atoms with Crippen LogP contribution in [-0.4, -0.2) is 43.1 Å². The molecule has 0 radical (unpaired) electrons. The van der Waals surface area contributed by atoms with Crippen LogP contribution in [0.25, 0.3) is 0 Å². The van der Waals surface area contributed by atoms with Crippen molar-refractivity contribution in [1.82, 2.24) is 10.2 Å². The molecule has 1 N–H and O–H groups in total. The normalized spacial score (nSPS) is 16.7. The van der Waals surface area contributed by atoms with Crippen LogP contribution in [-0.2, 0) is 4.79 Å². The highest BCUT2D eigenvalue weighted by molar-refractivity contribution is 5.80. The van der Waals surface area contributed by atoms with Gasteiger partial charge in [-0.1, -0.05) is 12.1 Å². The fourth-order valence-corrected chi connectivity index (χ4v) is 2.57. The number of hydrogen-bond donors (Lipinski definition) is 1. The van der Waals surface area contributed by atoms with Crippen molar-refractivity contribution in [2.24, 2.45) is 0 Å². The first-order valence-electron chi connectivity index (χ1n) is 7.80. The van der Waals surface area contributed by atoms with E-state index in [-0.39, 0.29) is 5.91 Å². The van der Waals surface area contributed by atoms with Crippen molar-refractivity contribution in [3.8, 4) is 5.75 Å². The molecule has 1 aliphatic rings. The van der Waals surface area contributed by atoms with E-state index in [1.165, 1.54) is 12.8 Å². The van der Waals surface area contributed by atoms with Crippen molar-refractivity contribution >= 4 is 5.91 Å². The largest absolute Gasteiger partial charge is 0.481 e. The molecule has 21 heavy (non-hydrogen) atoms. The lowest BCUT2D eigenvalue weighted by Crippen LogP contribution is -2.40. The second kappa shape index (κ2) is 7.46. The molecule has 0 unspecified atom stereocenters. The molecular formula is C17H26N2O2. The number of rotatable bonds is 6. The summed E-state index contributed by atoms with van der Waals surface area (Å²) < 4.78 is 5.78. The third kappa shape index (κ3) is 4.74. The first kappa shape index (κ1) is 15.8. The molecule has 1 aromatic rings. The fraction of sp³-hybridized carbons (Fsp3) is 0.588. The average molecular weight is 290 g/mol. The van der Waals surface area contributed by atoms with Crippen molar-refractivity contribution in [1.29, 1.82) is 0 Å². The predicted octanol–water partition coefficient (Wildman–Crippen LogP) is 2.28. The van der Waals surface area contributed by atoms with Crippen molar-refractivity contribution < 1.29 is 9.53 Å². The Morgan fingerprint density at radius 3 is 2.76 bits per heavy atom. The zero-order valence-corrected chi connectivity index (χ0v) is 13.3. The van der Waals surface area contributed by atoms with E-state index in [0.717, 1.165) is 36.5 Å². The minimum Gasteiger partial charge on any atom is -0.481 e. The zero-order valence-electron chi connectivity index (χ0n) is 13.3. The molecule has 0 aliphatic carbocycles. The van der Waals surface area contributed by atoms with Crippen LogP contribution in [0.15, 0.2) is 18.2 Å². The van der Waals surface area contributed by atoms with Crippen LogP contribution < -0.4 is 10.1 Å². The lowest BCUT2D eigenvalue weighted by Gasteiger charge is -2.18. The molecule has 1 saturated heterocycles. The third-order valence-corrected chi connectivity index (χ3v) is 3.94. The van der Waals surface area contributed by atoms with Gasteiger partial charge in [-0.25, -0.2) is 0 Å². The van der Waals surface area contributed by atoms with E-state index in [4.69, 9.17) is 4.74 Å². The molecule has 1 heterocycles. The lowest BCUT2D eigenvalue weighted by atomic mass is 10.1. The number of amides is 1. The summed E-state index contributed by atoms with van der Waals surface area (Å²) in [4.78, 5) is 14.4. The van der Waals surface area contributed by atoms with E-state index < -0.39 is 6.10 Å². The quantitative estimate of drug-likeness (QED) is 0.874. The highest BCUT2D eigenvalue weighted by Gasteiger charge is 2.16. The van der Waals surface area contributed by atoms with Crippen LogP contribution in [0.3, 0.4) is 0 Å². The molecule has 1 atom stereocenters. The van der Waals surface area contributed by atoms with Crippen molar-refractivity contribution in [2.45, 2.75) is 39.7 Å². The Hall–Kier alpha value is -1.55. The van der Waals surface area contributed by atoms with Gasteiger partial charge in [0.25, 0.3) is 5.91 Å². The van der Waals surface area contributed by atoms with Crippen molar-refractivity contribution in [2.75, 3.05) is 26.2 Å². The summed E-state index contributed by atoms with van der Waals surface area (Å²) in [6, 6.07) is 6.04. The van der Waals surface area contributed by atoms with Crippen molar-refractivity contribution in [3.63, 3.8) is 0 Å². The second-order valence-corrected chi connectivity index (χ2v) is 5.87. The molecule has 1 aromatic carbocycles. The Balaban J connectivity index is 1.77. The average Bonchev–Trinajstić information content (AvgIpc) is 2.96. The fourth-order valence-electron chi connectivity index (χ4n) is 2.57. The molecular weight excluding hydrogens is 264 g/mol. The van der Waals surface area contributed by atoms with Gasteiger partial charge in [0, 0.05) is 13.1 Å². The van der Waals surface area contributed by atoms with Gasteiger partial charge in [-0.2, -0.15) is 0 Å². The number of aryl methyl sites for hydroxylation is 2.